The van der Waals surface area contributed by atoms with Crippen LogP contribution in [0.25, 0.3) is 0 Å². The fourth-order valence-electron chi connectivity index (χ4n) is 1.18. The van der Waals surface area contributed by atoms with Gasteiger partial charge in [0.05, 0.1) is 6.54 Å². The Morgan fingerprint density at radius 1 is 1.56 bits per heavy atom. The Labute approximate surface area is 99.3 Å². The zero-order chi connectivity index (χ0) is 12.0. The highest BCUT2D eigenvalue weighted by Crippen LogP contribution is 2.11. The van der Waals surface area contributed by atoms with Crippen molar-refractivity contribution in [2.45, 2.75) is 13.5 Å². The highest BCUT2D eigenvalue weighted by Gasteiger charge is 1.97. The largest absolute Gasteiger partial charge is 0.379 e. The van der Waals surface area contributed by atoms with Crippen LogP contribution in [-0.2, 0) is 11.3 Å². The second-order valence-electron chi connectivity index (χ2n) is 3.24. The fraction of sp³-hybridized carbons (Fsp3) is 0.273. The number of carbonyl (C=O) groups excluding carboxylic acids is 1. The molecule has 16 heavy (non-hydrogen) atoms. The number of rotatable bonds is 3. The molecule has 4 nitrogen and oxygen atoms in total. The van der Waals surface area contributed by atoms with Crippen LogP contribution in [0.5, 0.6) is 0 Å². The quantitative estimate of drug-likeness (QED) is 0.622. The second kappa shape index (κ2) is 6.17. The van der Waals surface area contributed by atoms with Crippen LogP contribution in [0.4, 0.5) is 5.69 Å². The van der Waals surface area contributed by atoms with Crippen LogP contribution in [0.2, 0.25) is 0 Å². The molecule has 0 aromatic heterocycles. The first-order valence-corrected chi connectivity index (χ1v) is 6.04. The molecule has 0 aliphatic rings. The number of benzene rings is 1. The van der Waals surface area contributed by atoms with Gasteiger partial charge in [0.2, 0.25) is 5.91 Å². The van der Waals surface area contributed by atoms with Crippen molar-refractivity contribution in [2.24, 2.45) is 10.7 Å². The van der Waals surface area contributed by atoms with Crippen molar-refractivity contribution >= 4 is 28.5 Å². The maximum Gasteiger partial charge on any atom is 0.221 e. The van der Waals surface area contributed by atoms with E-state index in [9.17, 15) is 4.79 Å². The van der Waals surface area contributed by atoms with Crippen molar-refractivity contribution in [3.8, 4) is 0 Å². The van der Waals surface area contributed by atoms with Gasteiger partial charge in [-0.2, -0.15) is 0 Å². The van der Waals surface area contributed by atoms with Gasteiger partial charge in [0.1, 0.15) is 0 Å². The van der Waals surface area contributed by atoms with Crippen molar-refractivity contribution in [3.05, 3.63) is 29.8 Å². The minimum absolute atomic E-state index is 0.0794. The number of nitrogens with one attached hydrogen (secondary N) is 1. The monoisotopic (exact) mass is 237 g/mol. The van der Waals surface area contributed by atoms with E-state index in [1.807, 2.05) is 30.5 Å². The number of amidine groups is 1. The third-order valence-electron chi connectivity index (χ3n) is 1.87. The normalized spacial score (nSPS) is 11.2. The number of amides is 1. The molecule has 0 aliphatic heterocycles. The number of hydrogen-bond donors (Lipinski definition) is 2. The average molecular weight is 237 g/mol. The molecule has 0 aliphatic carbocycles. The molecule has 0 unspecified atom stereocenters. The fourth-order valence-corrected chi connectivity index (χ4v) is 1.38. The smallest absolute Gasteiger partial charge is 0.221 e. The van der Waals surface area contributed by atoms with E-state index in [2.05, 4.69) is 10.3 Å². The molecule has 0 saturated carbocycles. The van der Waals surface area contributed by atoms with E-state index in [0.29, 0.717) is 11.7 Å². The van der Waals surface area contributed by atoms with Crippen LogP contribution < -0.4 is 11.1 Å². The molecular weight excluding hydrogens is 222 g/mol. The van der Waals surface area contributed by atoms with Gasteiger partial charge in [0.25, 0.3) is 0 Å². The van der Waals surface area contributed by atoms with Crippen LogP contribution in [0.3, 0.4) is 0 Å². The summed E-state index contributed by atoms with van der Waals surface area (Å²) in [5.41, 5.74) is 7.38. The summed E-state index contributed by atoms with van der Waals surface area (Å²) in [4.78, 5) is 15.1. The molecule has 0 radical (unpaired) electrons. The summed E-state index contributed by atoms with van der Waals surface area (Å²) >= 11 is 1.42. The molecular formula is C11H15N3OS. The van der Waals surface area contributed by atoms with E-state index >= 15 is 0 Å². The van der Waals surface area contributed by atoms with Gasteiger partial charge in [-0.05, 0) is 24.0 Å². The van der Waals surface area contributed by atoms with Gasteiger partial charge in [-0.25, -0.2) is 0 Å². The summed E-state index contributed by atoms with van der Waals surface area (Å²) in [6, 6.07) is 7.55. The van der Waals surface area contributed by atoms with Crippen molar-refractivity contribution in [1.29, 1.82) is 0 Å². The molecule has 86 valence electrons. The minimum Gasteiger partial charge on any atom is -0.379 e. The summed E-state index contributed by atoms with van der Waals surface area (Å²) < 4.78 is 0. The number of anilines is 1. The maximum atomic E-state index is 10.9. The van der Waals surface area contributed by atoms with E-state index in [1.54, 1.807) is 0 Å². The lowest BCUT2D eigenvalue weighted by Crippen LogP contribution is -2.07. The van der Waals surface area contributed by atoms with Crippen LogP contribution in [0.1, 0.15) is 12.5 Å². The number of aliphatic imine (C=N–C) groups is 1. The van der Waals surface area contributed by atoms with Crippen LogP contribution in [-0.4, -0.2) is 17.3 Å². The molecule has 0 heterocycles. The van der Waals surface area contributed by atoms with E-state index in [4.69, 9.17) is 5.73 Å². The van der Waals surface area contributed by atoms with Crippen molar-refractivity contribution in [3.63, 3.8) is 0 Å². The van der Waals surface area contributed by atoms with Crippen molar-refractivity contribution in [1.82, 2.24) is 0 Å². The number of nitrogens with two attached hydrogens (primary N) is 1. The minimum atomic E-state index is -0.0794. The Bertz CT molecular complexity index is 404. The summed E-state index contributed by atoms with van der Waals surface area (Å²) in [5.74, 6) is -0.0794. The van der Waals surface area contributed by atoms with Crippen LogP contribution >= 0.6 is 11.8 Å². The molecule has 0 bridgehead atoms. The number of carbonyl (C=O) groups is 1. The molecule has 3 N–H and O–H groups in total. The van der Waals surface area contributed by atoms with Gasteiger partial charge in [-0.15, -0.1) is 0 Å². The summed E-state index contributed by atoms with van der Waals surface area (Å²) in [6.45, 7) is 2.01. The number of thioether (sulfide) groups is 1. The topological polar surface area (TPSA) is 67.5 Å². The molecule has 0 atom stereocenters. The maximum absolute atomic E-state index is 10.9. The van der Waals surface area contributed by atoms with E-state index in [0.717, 1.165) is 11.3 Å². The van der Waals surface area contributed by atoms with E-state index in [-0.39, 0.29) is 5.91 Å². The zero-order valence-electron chi connectivity index (χ0n) is 9.36. The first-order valence-electron chi connectivity index (χ1n) is 4.82. The molecule has 1 aromatic carbocycles. The Hall–Kier alpha value is -1.49. The molecule has 1 rings (SSSR count). The highest BCUT2D eigenvalue weighted by atomic mass is 32.2. The van der Waals surface area contributed by atoms with Gasteiger partial charge < -0.3 is 11.1 Å². The third kappa shape index (κ3) is 4.35. The first-order chi connectivity index (χ1) is 7.61. The van der Waals surface area contributed by atoms with Crippen LogP contribution in [0.15, 0.2) is 29.3 Å². The predicted octanol–water partition coefficient (Wildman–Crippen LogP) is 1.82. The molecule has 0 saturated heterocycles. The standard InChI is InChI=1S/C11H15N3OS/c1-8(15)14-10-5-3-4-9(6-10)7-13-11(12)16-2/h3-6H,7H2,1-2H3,(H2,12,13)(H,14,15). The first kappa shape index (κ1) is 12.6. The molecule has 5 heteroatoms. The SMILES string of the molecule is CS/C(N)=N\Cc1cccc(NC(C)=O)c1. The van der Waals surface area contributed by atoms with Crippen molar-refractivity contribution < 1.29 is 4.79 Å². The van der Waals surface area contributed by atoms with Gasteiger partial charge in [0, 0.05) is 12.6 Å². The summed E-state index contributed by atoms with van der Waals surface area (Å²) in [6.07, 6.45) is 1.88. The zero-order valence-corrected chi connectivity index (χ0v) is 10.2. The predicted molar refractivity (Wildman–Crippen MR) is 69.6 cm³/mol. The molecule has 1 amide bonds. The summed E-state index contributed by atoms with van der Waals surface area (Å²) in [5, 5.41) is 3.28. The van der Waals surface area contributed by atoms with E-state index in [1.165, 1.54) is 18.7 Å². The Morgan fingerprint density at radius 3 is 2.94 bits per heavy atom. The Kier molecular flexibility index (Phi) is 4.85. The molecule has 1 aromatic rings. The van der Waals surface area contributed by atoms with E-state index < -0.39 is 0 Å². The lowest BCUT2D eigenvalue weighted by Gasteiger charge is -2.04. The molecule has 0 spiro atoms. The Balaban J connectivity index is 2.71. The Morgan fingerprint density at radius 2 is 2.31 bits per heavy atom. The highest BCUT2D eigenvalue weighted by molar-refractivity contribution is 8.13. The summed E-state index contributed by atoms with van der Waals surface area (Å²) in [7, 11) is 0. The third-order valence-corrected chi connectivity index (χ3v) is 2.42. The van der Waals surface area contributed by atoms with Gasteiger partial charge in [-0.1, -0.05) is 23.9 Å². The average Bonchev–Trinajstić information content (AvgIpc) is 2.25. The van der Waals surface area contributed by atoms with Gasteiger partial charge >= 0.3 is 0 Å². The number of nitrogens with zero attached hydrogens (tertiary/aromatic N) is 1. The number of hydrogen-bond acceptors (Lipinski definition) is 3. The molecule has 0 fully saturated rings. The second-order valence-corrected chi connectivity index (χ2v) is 4.07. The van der Waals surface area contributed by atoms with Crippen LogP contribution in [0, 0.1) is 0 Å². The lowest BCUT2D eigenvalue weighted by atomic mass is 10.2. The van der Waals surface area contributed by atoms with Crippen molar-refractivity contribution in [2.75, 3.05) is 11.6 Å². The lowest BCUT2D eigenvalue weighted by molar-refractivity contribution is -0.114. The van der Waals surface area contributed by atoms with Gasteiger partial charge in [0.15, 0.2) is 5.17 Å². The van der Waals surface area contributed by atoms with Gasteiger partial charge in [-0.3, -0.25) is 9.79 Å².